The molecule has 1 aliphatic carbocycles. The van der Waals surface area contributed by atoms with Crippen molar-refractivity contribution in [3.8, 4) is 11.5 Å². The van der Waals surface area contributed by atoms with Gasteiger partial charge in [0.15, 0.2) is 23.1 Å². The number of carbonyl (C=O) groups is 12. The number of benzene rings is 2. The molecule has 18 atom stereocenters. The molecule has 23 nitrogen and oxygen atoms in total. The summed E-state index contributed by atoms with van der Waals surface area (Å²) in [5.41, 5.74) is 4.84. The zero-order valence-electron chi connectivity index (χ0n) is 56.9. The summed E-state index contributed by atoms with van der Waals surface area (Å²) < 4.78 is 26.0. The highest BCUT2D eigenvalue weighted by Crippen LogP contribution is 2.48. The number of alkyl halides is 1. The van der Waals surface area contributed by atoms with Crippen molar-refractivity contribution < 1.29 is 81.6 Å². The van der Waals surface area contributed by atoms with Gasteiger partial charge in [-0.15, -0.1) is 0 Å². The van der Waals surface area contributed by atoms with Gasteiger partial charge in [-0.05, 0) is 105 Å². The summed E-state index contributed by atoms with van der Waals surface area (Å²) in [6.45, 7) is 18.2. The Labute approximate surface area is 552 Å². The molecule has 1 unspecified atom stereocenters. The minimum absolute atomic E-state index is 0.0496. The Kier molecular flexibility index (Phi) is 31.6. The number of esters is 1. The van der Waals surface area contributed by atoms with Gasteiger partial charge in [-0.3, -0.25) is 52.7 Å². The second-order valence-electron chi connectivity index (χ2n) is 26.4. The third-order valence-corrected chi connectivity index (χ3v) is 19.1. The average Bonchev–Trinajstić information content (AvgIpc) is 1.58. The van der Waals surface area contributed by atoms with Crippen molar-refractivity contribution >= 4 is 70.5 Å². The van der Waals surface area contributed by atoms with E-state index in [4.69, 9.17) is 15.2 Å². The minimum Gasteiger partial charge on any atom is -0.458 e. The standard InChI is InChI=1S/C70H104FN7O16/c1-13-38(6)52(34-54(81)53(27-28-58(72)85)73-65(88)47(36-79)32-56(83)59(39(7)14-2)74-64(87)46(17-5)31-45-23-25-51(26-24-45)94-50-21-19-18-20-22-50)67(90)75-60(40(8)15-3)57(84)33-48(37-80)66(89)76-62-44(12)93-68(91)61(41(9)16-4)77-69(92)70(35-49(70)30-43(11)71)78-63(86)42(10)29-55(62)82/h18-26,38-44,46-49,52-53,59-62,79-80H,13-17,27-37H2,1-12H3,(H2,72,85)(H,73,88)(H,74,87)(H,75,90)(H,76,89)(H,77,92)(H,78,86)/t38-,39-,40-,41-,42+,43?,44-,46+,47-,48-,49+,52+,53+,59-,60-,61-,62+,70+/m0/s1. The quantitative estimate of drug-likeness (QED) is 0.0361. The number of hydrogen-bond donors (Lipinski definition) is 9. The van der Waals surface area contributed by atoms with Crippen LogP contribution in [0.1, 0.15) is 172 Å². The molecule has 24 heteroatoms. The molecule has 1 aliphatic heterocycles. The van der Waals surface area contributed by atoms with Gasteiger partial charge in [-0.25, -0.2) is 9.18 Å². The first-order chi connectivity index (χ1) is 44.4. The lowest BCUT2D eigenvalue weighted by atomic mass is 9.83. The lowest BCUT2D eigenvalue weighted by Gasteiger charge is -2.30. The van der Waals surface area contributed by atoms with Gasteiger partial charge in [-0.1, -0.05) is 125 Å². The van der Waals surface area contributed by atoms with Crippen LogP contribution in [-0.4, -0.2) is 142 Å². The number of cyclic esters (lactones) is 1. The second-order valence-corrected chi connectivity index (χ2v) is 26.4. The van der Waals surface area contributed by atoms with Crippen LogP contribution < -0.4 is 42.4 Å². The Morgan fingerprint density at radius 1 is 0.681 bits per heavy atom. The molecule has 7 amide bonds. The van der Waals surface area contributed by atoms with E-state index in [-0.39, 0.29) is 37.5 Å². The molecule has 2 aromatic carbocycles. The molecule has 2 aliphatic rings. The third kappa shape index (κ3) is 22.6. The zero-order valence-corrected chi connectivity index (χ0v) is 56.9. The van der Waals surface area contributed by atoms with Crippen molar-refractivity contribution in [3.05, 3.63) is 60.2 Å². The van der Waals surface area contributed by atoms with E-state index in [1.165, 1.54) is 20.8 Å². The van der Waals surface area contributed by atoms with Gasteiger partial charge in [0.1, 0.15) is 35.2 Å². The highest BCUT2D eigenvalue weighted by molar-refractivity contribution is 6.01. The van der Waals surface area contributed by atoms with E-state index in [0.29, 0.717) is 50.0 Å². The number of ketones is 4. The zero-order chi connectivity index (χ0) is 70.3. The first-order valence-electron chi connectivity index (χ1n) is 33.5. The maximum atomic E-state index is 14.6. The fraction of sp³-hybridized carbons (Fsp3) is 0.657. The highest BCUT2D eigenvalue weighted by atomic mass is 19.1. The Hall–Kier alpha value is -7.47. The van der Waals surface area contributed by atoms with E-state index in [0.717, 1.165) is 5.56 Å². The number of carbonyl (C=O) groups excluding carboxylic acids is 12. The molecule has 1 saturated carbocycles. The molecule has 0 aromatic heterocycles. The topological polar surface area (TPSA) is 362 Å². The number of aliphatic hydroxyl groups excluding tert-OH is 2. The van der Waals surface area contributed by atoms with Gasteiger partial charge in [-0.2, -0.15) is 0 Å². The minimum atomic E-state index is -1.63. The van der Waals surface area contributed by atoms with E-state index >= 15 is 0 Å². The van der Waals surface area contributed by atoms with Gasteiger partial charge in [0.05, 0.1) is 49.3 Å². The first-order valence-corrected chi connectivity index (χ1v) is 33.5. The van der Waals surface area contributed by atoms with Crippen LogP contribution in [-0.2, 0) is 68.7 Å². The molecular weight excluding hydrogens is 1210 g/mol. The van der Waals surface area contributed by atoms with Gasteiger partial charge in [0.25, 0.3) is 0 Å². The Morgan fingerprint density at radius 2 is 1.22 bits per heavy atom. The third-order valence-electron chi connectivity index (χ3n) is 19.1. The smallest absolute Gasteiger partial charge is 0.329 e. The Morgan fingerprint density at radius 3 is 1.74 bits per heavy atom. The fourth-order valence-electron chi connectivity index (χ4n) is 11.8. The van der Waals surface area contributed by atoms with E-state index in [9.17, 15) is 72.1 Å². The van der Waals surface area contributed by atoms with Gasteiger partial charge < -0.3 is 57.3 Å². The summed E-state index contributed by atoms with van der Waals surface area (Å²) in [7, 11) is 0. The van der Waals surface area contributed by atoms with Gasteiger partial charge in [0, 0.05) is 49.9 Å². The lowest BCUT2D eigenvalue weighted by molar-refractivity contribution is -0.157. The first kappa shape index (κ1) is 79.0. The van der Waals surface area contributed by atoms with E-state index < -0.39 is 205 Å². The molecule has 2 fully saturated rings. The monoisotopic (exact) mass is 1320 g/mol. The predicted molar refractivity (Wildman–Crippen MR) is 348 cm³/mol. The number of nitrogens with one attached hydrogen (secondary N) is 6. The Balaban J connectivity index is 1.50. The van der Waals surface area contributed by atoms with Crippen LogP contribution in [0.4, 0.5) is 4.39 Å². The molecule has 1 saturated heterocycles. The summed E-state index contributed by atoms with van der Waals surface area (Å²) >= 11 is 0. The maximum absolute atomic E-state index is 14.6. The molecule has 1 spiro atoms. The van der Waals surface area contributed by atoms with Crippen LogP contribution >= 0.6 is 0 Å². The van der Waals surface area contributed by atoms with E-state index in [1.807, 2.05) is 68.4 Å². The normalized spacial score (nSPS) is 23.1. The number of nitrogens with two attached hydrogens (primary N) is 1. The molecule has 2 aromatic rings. The van der Waals surface area contributed by atoms with Crippen molar-refractivity contribution in [1.29, 1.82) is 0 Å². The number of Topliss-reactive ketones (excluding diaryl/α,β-unsaturated/α-hetero) is 4. The number of hydrogen-bond acceptors (Lipinski definition) is 16. The summed E-state index contributed by atoms with van der Waals surface area (Å²) in [6, 6.07) is 9.91. The van der Waals surface area contributed by atoms with Crippen LogP contribution in [0.2, 0.25) is 0 Å². The number of rotatable bonds is 37. The van der Waals surface area contributed by atoms with Crippen LogP contribution in [0.5, 0.6) is 11.5 Å². The number of halogens is 1. The number of ether oxygens (including phenoxy) is 2. The number of primary amides is 1. The molecule has 0 bridgehead atoms. The summed E-state index contributed by atoms with van der Waals surface area (Å²) in [5, 5.41) is 37.5. The van der Waals surface area contributed by atoms with E-state index in [2.05, 4.69) is 31.9 Å². The fourth-order valence-corrected chi connectivity index (χ4v) is 11.8. The van der Waals surface area contributed by atoms with Crippen LogP contribution in [0.25, 0.3) is 0 Å². The van der Waals surface area contributed by atoms with Crippen molar-refractivity contribution in [3.63, 3.8) is 0 Å². The number of aliphatic hydroxyl groups is 2. The van der Waals surface area contributed by atoms with Crippen molar-refractivity contribution in [2.45, 2.75) is 221 Å². The van der Waals surface area contributed by atoms with Gasteiger partial charge in [0.2, 0.25) is 41.4 Å². The summed E-state index contributed by atoms with van der Waals surface area (Å²) in [6.07, 6.45) is -3.31. The predicted octanol–water partition coefficient (Wildman–Crippen LogP) is 5.80. The van der Waals surface area contributed by atoms with Crippen molar-refractivity contribution in [2.24, 2.45) is 64.9 Å². The highest BCUT2D eigenvalue weighted by Gasteiger charge is 2.62. The number of amides is 7. The van der Waals surface area contributed by atoms with Crippen LogP contribution in [0.3, 0.4) is 0 Å². The molecular formula is C70H104FN7O16. The molecule has 1 heterocycles. The summed E-state index contributed by atoms with van der Waals surface area (Å²) in [4.78, 5) is 168. The van der Waals surface area contributed by atoms with Crippen molar-refractivity contribution in [1.82, 2.24) is 31.9 Å². The van der Waals surface area contributed by atoms with Gasteiger partial charge >= 0.3 is 5.97 Å². The maximum Gasteiger partial charge on any atom is 0.329 e. The molecule has 0 radical (unpaired) electrons. The Bertz CT molecular complexity index is 2930. The van der Waals surface area contributed by atoms with Crippen molar-refractivity contribution in [2.75, 3.05) is 13.2 Å². The lowest BCUT2D eigenvalue weighted by Crippen LogP contribution is -2.57. The van der Waals surface area contributed by atoms with E-state index in [1.54, 1.807) is 48.5 Å². The molecule has 522 valence electrons. The molecule has 94 heavy (non-hydrogen) atoms. The molecule has 4 rings (SSSR count). The van der Waals surface area contributed by atoms with Crippen LogP contribution in [0, 0.1) is 59.2 Å². The number of para-hydroxylation sites is 1. The van der Waals surface area contributed by atoms with Crippen LogP contribution in [0.15, 0.2) is 54.6 Å². The molecule has 10 N–H and O–H groups in total. The SMILES string of the molecule is CC[C@H](Cc1ccc(Oc2ccccc2)cc1)C(=O)N[C@H](C(=O)C[C@@H](CO)C(=O)N[C@H](CCC(N)=O)C(=O)C[C@@H](C(=O)N[C@H](C(=O)C[C@@H](CO)C(=O)N[C@H]1C(=O)C[C@@H](C)C(=O)N[C@@]2(C[C@H]2CC(C)F)C(=O)N[C@@H]([C@@H](C)CC)C(=O)O[C@H]1C)[C@@H](C)CC)[C@@H](C)CC)[C@@H](C)CC. The average molecular weight is 1320 g/mol. The second kappa shape index (κ2) is 37.6. The largest absolute Gasteiger partial charge is 0.458 e. The summed E-state index contributed by atoms with van der Waals surface area (Å²) in [5.74, 6) is -16.0.